The zero-order chi connectivity index (χ0) is 15.3. The normalized spacial score (nSPS) is 20.7. The molecule has 0 spiro atoms. The Balaban J connectivity index is 1.64. The highest BCUT2D eigenvalue weighted by Gasteiger charge is 2.31. The van der Waals surface area contributed by atoms with Crippen molar-refractivity contribution in [2.75, 3.05) is 13.2 Å². The molecule has 0 bridgehead atoms. The highest BCUT2D eigenvalue weighted by atomic mass is 31.2. The van der Waals surface area contributed by atoms with E-state index in [2.05, 4.69) is 0 Å². The summed E-state index contributed by atoms with van der Waals surface area (Å²) < 4.78 is 25.1. The SMILES string of the molecule is O=P(OCC1CCCC1)(OCC1CCCC1)c1ccccc1. The fraction of sp³-hybridized carbons (Fsp3) is 0.667. The molecule has 3 rings (SSSR count). The molecule has 2 saturated carbocycles. The molecule has 0 N–H and O–H groups in total. The van der Waals surface area contributed by atoms with Crippen LogP contribution in [-0.2, 0) is 13.6 Å². The maximum atomic E-state index is 13.3. The molecule has 0 saturated heterocycles. The summed E-state index contributed by atoms with van der Waals surface area (Å²) in [5, 5.41) is 0.700. The van der Waals surface area contributed by atoms with Gasteiger partial charge in [-0.2, -0.15) is 0 Å². The highest BCUT2D eigenvalue weighted by Crippen LogP contribution is 2.49. The van der Waals surface area contributed by atoms with E-state index in [-0.39, 0.29) is 0 Å². The van der Waals surface area contributed by atoms with E-state index in [0.717, 1.165) is 0 Å². The zero-order valence-corrected chi connectivity index (χ0v) is 14.2. The minimum Gasteiger partial charge on any atom is -0.305 e. The molecule has 0 heterocycles. The van der Waals surface area contributed by atoms with Gasteiger partial charge in [-0.25, -0.2) is 0 Å². The molecule has 3 nitrogen and oxygen atoms in total. The van der Waals surface area contributed by atoms with E-state index < -0.39 is 7.60 Å². The van der Waals surface area contributed by atoms with E-state index in [1.54, 1.807) is 0 Å². The standard InChI is InChI=1S/C18H27O3P/c19-22(18-12-2-1-3-13-18,20-14-16-8-4-5-9-16)21-15-17-10-6-7-11-17/h1-3,12-13,16-17H,4-11,14-15H2. The van der Waals surface area contributed by atoms with Gasteiger partial charge in [0.25, 0.3) is 0 Å². The molecule has 22 heavy (non-hydrogen) atoms. The largest absolute Gasteiger partial charge is 0.361 e. The molecular formula is C18H27O3P. The molecule has 122 valence electrons. The van der Waals surface area contributed by atoms with Gasteiger partial charge < -0.3 is 9.05 Å². The van der Waals surface area contributed by atoms with Gasteiger partial charge in [0, 0.05) is 0 Å². The van der Waals surface area contributed by atoms with Gasteiger partial charge in [0.05, 0.1) is 18.5 Å². The number of hydrogen-bond acceptors (Lipinski definition) is 3. The third kappa shape index (κ3) is 4.22. The second-order valence-electron chi connectivity index (χ2n) is 6.73. The van der Waals surface area contributed by atoms with Crippen LogP contribution in [0.5, 0.6) is 0 Å². The van der Waals surface area contributed by atoms with Gasteiger partial charge in [-0.1, -0.05) is 43.9 Å². The van der Waals surface area contributed by atoms with Crippen LogP contribution < -0.4 is 5.30 Å². The molecular weight excluding hydrogens is 295 g/mol. The van der Waals surface area contributed by atoms with Gasteiger partial charge in [-0.05, 0) is 49.7 Å². The fourth-order valence-electron chi connectivity index (χ4n) is 3.56. The molecule has 0 atom stereocenters. The van der Waals surface area contributed by atoms with Gasteiger partial charge in [0.15, 0.2) is 0 Å². The average molecular weight is 322 g/mol. The Labute approximate surface area is 133 Å². The van der Waals surface area contributed by atoms with Crippen LogP contribution in [0.2, 0.25) is 0 Å². The number of hydrogen-bond donors (Lipinski definition) is 0. The lowest BCUT2D eigenvalue weighted by Gasteiger charge is -2.22. The van der Waals surface area contributed by atoms with Crippen molar-refractivity contribution in [3.8, 4) is 0 Å². The Morgan fingerprint density at radius 2 is 1.27 bits per heavy atom. The van der Waals surface area contributed by atoms with E-state index >= 15 is 0 Å². The molecule has 0 aromatic heterocycles. The first-order chi connectivity index (χ1) is 10.8. The minimum absolute atomic E-state index is 0.548. The topological polar surface area (TPSA) is 35.5 Å². The Morgan fingerprint density at radius 1 is 0.818 bits per heavy atom. The summed E-state index contributed by atoms with van der Waals surface area (Å²) >= 11 is 0. The summed E-state index contributed by atoms with van der Waals surface area (Å²) in [6, 6.07) is 9.47. The average Bonchev–Trinajstić information content (AvgIpc) is 3.25. The van der Waals surface area contributed by atoms with Crippen LogP contribution in [0.25, 0.3) is 0 Å². The summed E-state index contributed by atoms with van der Waals surface area (Å²) in [5.41, 5.74) is 0. The van der Waals surface area contributed by atoms with E-state index in [0.29, 0.717) is 30.4 Å². The lowest BCUT2D eigenvalue weighted by atomic mass is 10.1. The quantitative estimate of drug-likeness (QED) is 0.669. The number of benzene rings is 1. The molecule has 4 heteroatoms. The van der Waals surface area contributed by atoms with Crippen molar-refractivity contribution in [3.05, 3.63) is 30.3 Å². The summed E-state index contributed by atoms with van der Waals surface area (Å²) in [6.07, 6.45) is 9.85. The smallest absolute Gasteiger partial charge is 0.305 e. The molecule has 1 aromatic carbocycles. The van der Waals surface area contributed by atoms with Crippen LogP contribution in [0.4, 0.5) is 0 Å². The first-order valence-corrected chi connectivity index (χ1v) is 10.3. The van der Waals surface area contributed by atoms with Crippen molar-refractivity contribution >= 4 is 12.9 Å². The zero-order valence-electron chi connectivity index (χ0n) is 13.3. The summed E-state index contributed by atoms with van der Waals surface area (Å²) in [5.74, 6) is 1.10. The first-order valence-electron chi connectivity index (χ1n) is 8.71. The molecule has 0 aliphatic heterocycles. The van der Waals surface area contributed by atoms with Gasteiger partial charge in [-0.15, -0.1) is 0 Å². The number of rotatable bonds is 7. The first kappa shape index (κ1) is 16.2. The highest BCUT2D eigenvalue weighted by molar-refractivity contribution is 7.62. The van der Waals surface area contributed by atoms with E-state index in [9.17, 15) is 4.57 Å². The van der Waals surface area contributed by atoms with Crippen molar-refractivity contribution < 1.29 is 13.6 Å². The van der Waals surface area contributed by atoms with Crippen LogP contribution in [0.3, 0.4) is 0 Å². The lowest BCUT2D eigenvalue weighted by Crippen LogP contribution is -2.16. The fourth-order valence-corrected chi connectivity index (χ4v) is 5.28. The molecule has 2 aliphatic carbocycles. The third-order valence-electron chi connectivity index (χ3n) is 4.98. The van der Waals surface area contributed by atoms with E-state index in [1.807, 2.05) is 30.3 Å². The van der Waals surface area contributed by atoms with Crippen LogP contribution in [0, 0.1) is 11.8 Å². The van der Waals surface area contributed by atoms with Crippen LogP contribution in [0.1, 0.15) is 51.4 Å². The van der Waals surface area contributed by atoms with Crippen molar-refractivity contribution in [1.82, 2.24) is 0 Å². The maximum absolute atomic E-state index is 13.3. The maximum Gasteiger partial charge on any atom is 0.361 e. The van der Waals surface area contributed by atoms with Crippen LogP contribution in [-0.4, -0.2) is 13.2 Å². The molecule has 0 unspecified atom stereocenters. The second-order valence-corrected chi connectivity index (χ2v) is 8.75. The monoisotopic (exact) mass is 322 g/mol. The van der Waals surface area contributed by atoms with E-state index in [1.165, 1.54) is 51.4 Å². The Kier molecular flexibility index (Phi) is 5.73. The third-order valence-corrected chi connectivity index (χ3v) is 6.89. The van der Waals surface area contributed by atoms with Crippen LogP contribution in [0.15, 0.2) is 30.3 Å². The predicted octanol–water partition coefficient (Wildman–Crippen LogP) is 4.92. The molecule has 0 amide bonds. The second kappa shape index (κ2) is 7.77. The minimum atomic E-state index is -3.18. The van der Waals surface area contributed by atoms with Crippen molar-refractivity contribution in [2.24, 2.45) is 11.8 Å². The van der Waals surface area contributed by atoms with E-state index in [4.69, 9.17) is 9.05 Å². The van der Waals surface area contributed by atoms with Gasteiger partial charge in [0.2, 0.25) is 0 Å². The molecule has 2 aliphatic rings. The Hall–Kier alpha value is -0.630. The van der Waals surface area contributed by atoms with Gasteiger partial charge in [0.1, 0.15) is 0 Å². The predicted molar refractivity (Wildman–Crippen MR) is 89.5 cm³/mol. The van der Waals surface area contributed by atoms with Crippen LogP contribution >= 0.6 is 7.60 Å². The summed E-state index contributed by atoms with van der Waals surface area (Å²) in [4.78, 5) is 0. The van der Waals surface area contributed by atoms with Gasteiger partial charge in [-0.3, -0.25) is 4.57 Å². The molecule has 1 aromatic rings. The Bertz CT molecular complexity index is 466. The van der Waals surface area contributed by atoms with Crippen molar-refractivity contribution in [1.29, 1.82) is 0 Å². The molecule has 0 radical (unpaired) electrons. The van der Waals surface area contributed by atoms with Crippen molar-refractivity contribution in [2.45, 2.75) is 51.4 Å². The summed E-state index contributed by atoms with van der Waals surface area (Å²) in [6.45, 7) is 1.13. The van der Waals surface area contributed by atoms with Gasteiger partial charge >= 0.3 is 7.60 Å². The summed E-state index contributed by atoms with van der Waals surface area (Å²) in [7, 11) is -3.18. The molecule has 2 fully saturated rings. The Morgan fingerprint density at radius 3 is 1.73 bits per heavy atom. The lowest BCUT2D eigenvalue weighted by molar-refractivity contribution is 0.169. The van der Waals surface area contributed by atoms with Crippen molar-refractivity contribution in [3.63, 3.8) is 0 Å².